The molecule has 0 aliphatic heterocycles. The number of unbranched alkanes of at least 4 members (excludes halogenated alkanes) is 2. The van der Waals surface area contributed by atoms with Crippen LogP contribution in [0.3, 0.4) is 0 Å². The molecule has 0 spiro atoms. The first-order valence-corrected chi connectivity index (χ1v) is 10.4. The molecule has 0 bridgehead atoms. The van der Waals surface area contributed by atoms with E-state index in [1.54, 1.807) is 0 Å². The van der Waals surface area contributed by atoms with E-state index in [-0.39, 0.29) is 36.9 Å². The summed E-state index contributed by atoms with van der Waals surface area (Å²) in [4.78, 5) is 47.3. The van der Waals surface area contributed by atoms with Gasteiger partial charge in [0.05, 0.1) is 27.9 Å². The van der Waals surface area contributed by atoms with Crippen LogP contribution in [0.4, 0.5) is 9.59 Å². The highest BCUT2D eigenvalue weighted by Gasteiger charge is 2.36. The molecule has 0 heterocycles. The minimum absolute atomic E-state index is 0.00715. The molecule has 0 amide bonds. The fourth-order valence-corrected chi connectivity index (χ4v) is 2.86. The number of methoxy groups -OCH3 is 3. The summed E-state index contributed by atoms with van der Waals surface area (Å²) in [5, 5.41) is 0. The second kappa shape index (κ2) is 13.9. The van der Waals surface area contributed by atoms with Crippen LogP contribution in [0.25, 0.3) is 0 Å². The van der Waals surface area contributed by atoms with Crippen molar-refractivity contribution in [1.29, 1.82) is 0 Å². The molecule has 0 saturated heterocycles. The van der Waals surface area contributed by atoms with Crippen molar-refractivity contribution >= 4 is 24.2 Å². The molecule has 0 aromatic heterocycles. The van der Waals surface area contributed by atoms with E-state index in [0.717, 1.165) is 33.5 Å². The second-order valence-corrected chi connectivity index (χ2v) is 7.15. The van der Waals surface area contributed by atoms with Gasteiger partial charge in [0, 0.05) is 19.3 Å². The topological polar surface area (TPSA) is 150 Å². The second-order valence-electron chi connectivity index (χ2n) is 7.15. The molecule has 2 N–H and O–H groups in total. The molecule has 1 rings (SSSR count). The van der Waals surface area contributed by atoms with Gasteiger partial charge in [0.15, 0.2) is 11.5 Å². The Morgan fingerprint density at radius 2 is 1.55 bits per heavy atom. The van der Waals surface area contributed by atoms with E-state index in [1.807, 2.05) is 6.92 Å². The van der Waals surface area contributed by atoms with Crippen molar-refractivity contribution in [3.8, 4) is 11.5 Å². The fourth-order valence-electron chi connectivity index (χ4n) is 2.86. The lowest BCUT2D eigenvalue weighted by Crippen LogP contribution is -2.51. The predicted molar refractivity (Wildman–Crippen MR) is 115 cm³/mol. The number of benzene rings is 1. The summed E-state index contributed by atoms with van der Waals surface area (Å²) in [5.41, 5.74) is 5.22. The molecule has 0 unspecified atom stereocenters. The fraction of sp³-hybridized carbons (Fsp3) is 0.545. The van der Waals surface area contributed by atoms with E-state index >= 15 is 0 Å². The van der Waals surface area contributed by atoms with Crippen LogP contribution >= 0.6 is 0 Å². The quantitative estimate of drug-likeness (QED) is 0.208. The molecule has 11 nitrogen and oxygen atoms in total. The molecule has 184 valence electrons. The van der Waals surface area contributed by atoms with Gasteiger partial charge in [-0.15, -0.1) is 0 Å². The molecule has 11 heteroatoms. The zero-order valence-electron chi connectivity index (χ0n) is 19.3. The number of rotatable bonds is 12. The summed E-state index contributed by atoms with van der Waals surface area (Å²) in [5.74, 6) is -1.35. The minimum Gasteiger partial charge on any atom is -0.468 e. The van der Waals surface area contributed by atoms with Crippen molar-refractivity contribution in [1.82, 2.24) is 0 Å². The Morgan fingerprint density at radius 1 is 0.909 bits per heavy atom. The molecule has 33 heavy (non-hydrogen) atoms. The summed E-state index contributed by atoms with van der Waals surface area (Å²) in [6.07, 6.45) is 0.777. The van der Waals surface area contributed by atoms with Crippen molar-refractivity contribution in [3.63, 3.8) is 0 Å². The Hall–Kier alpha value is -3.34. The predicted octanol–water partition coefficient (Wildman–Crippen LogP) is 2.90. The van der Waals surface area contributed by atoms with Crippen molar-refractivity contribution in [3.05, 3.63) is 23.8 Å². The van der Waals surface area contributed by atoms with Crippen LogP contribution in [0, 0.1) is 0 Å². The Bertz CT molecular complexity index is 825. The van der Waals surface area contributed by atoms with Gasteiger partial charge in [-0.25, -0.2) is 9.59 Å². The lowest BCUT2D eigenvalue weighted by Gasteiger charge is -2.26. The molecular formula is C22H31NO10. The van der Waals surface area contributed by atoms with Crippen LogP contribution < -0.4 is 15.2 Å². The van der Waals surface area contributed by atoms with Gasteiger partial charge in [-0.3, -0.25) is 9.59 Å². The van der Waals surface area contributed by atoms with Crippen LogP contribution in [0.2, 0.25) is 0 Å². The molecule has 1 atom stereocenters. The standard InChI is InChI=1S/C22H31NO10/c1-5-6-7-8-18(24)31-12-11-22(23,19(25)28-2)14-15-9-10-16(32-20(26)29-3)17(13-15)33-21(27)30-4/h9-10,13H,5-8,11-12,14,23H2,1-4H3/t22-/m1/s1. The molecule has 1 aromatic rings. The van der Waals surface area contributed by atoms with Gasteiger partial charge >= 0.3 is 24.2 Å². The Kier molecular flexibility index (Phi) is 11.7. The normalized spacial score (nSPS) is 12.2. The average molecular weight is 469 g/mol. The van der Waals surface area contributed by atoms with Gasteiger partial charge in [-0.1, -0.05) is 25.8 Å². The summed E-state index contributed by atoms with van der Waals surface area (Å²) < 4.78 is 28.9. The van der Waals surface area contributed by atoms with E-state index in [1.165, 1.54) is 25.3 Å². The third kappa shape index (κ3) is 9.36. The van der Waals surface area contributed by atoms with Crippen LogP contribution in [-0.2, 0) is 35.0 Å². The first kappa shape index (κ1) is 27.7. The number of nitrogens with two attached hydrogens (primary N) is 1. The van der Waals surface area contributed by atoms with Crippen LogP contribution in [0.15, 0.2) is 18.2 Å². The van der Waals surface area contributed by atoms with E-state index < -0.39 is 23.8 Å². The maximum absolute atomic E-state index is 12.4. The third-order valence-corrected chi connectivity index (χ3v) is 4.64. The molecule has 0 aliphatic carbocycles. The average Bonchev–Trinajstić information content (AvgIpc) is 2.80. The first-order chi connectivity index (χ1) is 15.7. The summed E-state index contributed by atoms with van der Waals surface area (Å²) in [6, 6.07) is 4.22. The highest BCUT2D eigenvalue weighted by atomic mass is 16.7. The van der Waals surface area contributed by atoms with Crippen LogP contribution in [0.1, 0.15) is 44.6 Å². The zero-order valence-corrected chi connectivity index (χ0v) is 19.3. The molecule has 0 fully saturated rings. The number of esters is 2. The molecule has 0 radical (unpaired) electrons. The smallest absolute Gasteiger partial charge is 0.468 e. The summed E-state index contributed by atoms with van der Waals surface area (Å²) >= 11 is 0. The number of ether oxygens (including phenoxy) is 6. The molecule has 0 aliphatic rings. The lowest BCUT2D eigenvalue weighted by atomic mass is 9.88. The molecular weight excluding hydrogens is 438 g/mol. The highest BCUT2D eigenvalue weighted by Crippen LogP contribution is 2.31. The monoisotopic (exact) mass is 469 g/mol. The van der Waals surface area contributed by atoms with Crippen molar-refractivity contribution < 1.29 is 47.6 Å². The van der Waals surface area contributed by atoms with Gasteiger partial charge in [0.2, 0.25) is 0 Å². The van der Waals surface area contributed by atoms with Crippen molar-refractivity contribution in [2.45, 2.75) is 51.0 Å². The van der Waals surface area contributed by atoms with E-state index in [9.17, 15) is 19.2 Å². The van der Waals surface area contributed by atoms with Gasteiger partial charge in [-0.05, 0) is 24.1 Å². The van der Waals surface area contributed by atoms with Gasteiger partial charge in [0.1, 0.15) is 5.54 Å². The Morgan fingerprint density at radius 3 is 2.12 bits per heavy atom. The Balaban J connectivity index is 3.00. The summed E-state index contributed by atoms with van der Waals surface area (Å²) in [7, 11) is 3.42. The van der Waals surface area contributed by atoms with Crippen molar-refractivity contribution in [2.24, 2.45) is 5.73 Å². The molecule has 0 saturated carbocycles. The van der Waals surface area contributed by atoms with Crippen LogP contribution in [-0.4, -0.2) is 57.7 Å². The number of carbonyl (C=O) groups is 4. The Labute approximate surface area is 192 Å². The largest absolute Gasteiger partial charge is 0.513 e. The SMILES string of the molecule is CCCCCC(=O)OCC[C@@](N)(Cc1ccc(OC(=O)OC)c(OC(=O)OC)c1)C(=O)OC. The zero-order chi connectivity index (χ0) is 24.9. The van der Waals surface area contributed by atoms with E-state index in [4.69, 9.17) is 24.7 Å². The van der Waals surface area contributed by atoms with Crippen molar-refractivity contribution in [2.75, 3.05) is 27.9 Å². The third-order valence-electron chi connectivity index (χ3n) is 4.64. The van der Waals surface area contributed by atoms with Crippen LogP contribution in [0.5, 0.6) is 11.5 Å². The maximum Gasteiger partial charge on any atom is 0.513 e. The highest BCUT2D eigenvalue weighted by molar-refractivity contribution is 5.81. The first-order valence-electron chi connectivity index (χ1n) is 10.4. The van der Waals surface area contributed by atoms with Gasteiger partial charge in [-0.2, -0.15) is 0 Å². The maximum atomic E-state index is 12.4. The van der Waals surface area contributed by atoms with Gasteiger partial charge < -0.3 is 34.2 Å². The van der Waals surface area contributed by atoms with E-state index in [0.29, 0.717) is 12.0 Å². The number of hydrogen-bond donors (Lipinski definition) is 1. The molecule has 1 aromatic carbocycles. The van der Waals surface area contributed by atoms with Gasteiger partial charge in [0.25, 0.3) is 0 Å². The van der Waals surface area contributed by atoms with E-state index in [2.05, 4.69) is 9.47 Å². The number of carbonyl (C=O) groups excluding carboxylic acids is 4. The summed E-state index contributed by atoms with van der Waals surface area (Å²) in [6.45, 7) is 1.95. The lowest BCUT2D eigenvalue weighted by molar-refractivity contribution is -0.151. The minimum atomic E-state index is -1.54. The number of hydrogen-bond acceptors (Lipinski definition) is 11.